The van der Waals surface area contributed by atoms with Crippen molar-refractivity contribution >= 4 is 17.1 Å². The summed E-state index contributed by atoms with van der Waals surface area (Å²) in [4.78, 5) is 14.5. The summed E-state index contributed by atoms with van der Waals surface area (Å²) in [6, 6.07) is 10.1. The number of hydrogen-bond acceptors (Lipinski definition) is 5. The van der Waals surface area contributed by atoms with Crippen LogP contribution in [-0.2, 0) is 6.54 Å². The van der Waals surface area contributed by atoms with Crippen LogP contribution in [0.25, 0.3) is 0 Å². The third-order valence-corrected chi connectivity index (χ3v) is 2.40. The van der Waals surface area contributed by atoms with Crippen molar-refractivity contribution in [3.8, 4) is 0 Å². The molecule has 18 heavy (non-hydrogen) atoms. The Morgan fingerprint density at radius 1 is 1.33 bits per heavy atom. The van der Waals surface area contributed by atoms with Gasteiger partial charge in [0.2, 0.25) is 0 Å². The van der Waals surface area contributed by atoms with Crippen LogP contribution in [0, 0.1) is 10.1 Å². The van der Waals surface area contributed by atoms with Gasteiger partial charge in [0.25, 0.3) is 5.69 Å². The highest BCUT2D eigenvalue weighted by molar-refractivity contribution is 5.66. The molecule has 1 aromatic carbocycles. The molecule has 0 spiro atoms. The van der Waals surface area contributed by atoms with E-state index in [4.69, 9.17) is 5.73 Å². The number of nitrogens with two attached hydrogens (primary N) is 1. The van der Waals surface area contributed by atoms with Crippen LogP contribution in [0.2, 0.25) is 0 Å². The summed E-state index contributed by atoms with van der Waals surface area (Å²) in [6.07, 6.45) is 1.68. The average molecular weight is 244 g/mol. The fraction of sp³-hybridized carbons (Fsp3) is 0.0833. The molecular weight excluding hydrogens is 232 g/mol. The van der Waals surface area contributed by atoms with Gasteiger partial charge < -0.3 is 11.1 Å². The van der Waals surface area contributed by atoms with Crippen LogP contribution < -0.4 is 11.1 Å². The topological polar surface area (TPSA) is 94.1 Å². The molecule has 0 unspecified atom stereocenters. The number of hydrogen-bond donors (Lipinski definition) is 2. The second-order valence-electron chi connectivity index (χ2n) is 3.71. The molecule has 6 nitrogen and oxygen atoms in total. The molecule has 0 fully saturated rings. The fourth-order valence-corrected chi connectivity index (χ4v) is 1.54. The zero-order valence-electron chi connectivity index (χ0n) is 9.54. The van der Waals surface area contributed by atoms with Crippen LogP contribution in [0.15, 0.2) is 42.6 Å². The number of nitrogen functional groups attached to an aromatic ring is 1. The lowest BCUT2D eigenvalue weighted by Crippen LogP contribution is -2.04. The van der Waals surface area contributed by atoms with Crippen molar-refractivity contribution in [1.29, 1.82) is 0 Å². The number of nitrogens with zero attached hydrogens (tertiary/aromatic N) is 2. The number of nitro groups is 1. The van der Waals surface area contributed by atoms with E-state index in [0.717, 1.165) is 5.69 Å². The normalized spacial score (nSPS) is 10.0. The van der Waals surface area contributed by atoms with E-state index in [0.29, 0.717) is 17.9 Å². The van der Waals surface area contributed by atoms with Crippen molar-refractivity contribution in [2.75, 3.05) is 11.1 Å². The molecule has 0 aliphatic rings. The first-order valence-corrected chi connectivity index (χ1v) is 5.34. The SMILES string of the molecule is Nc1ccc(NCc2ccccn2)c([N+](=O)[O-])c1. The van der Waals surface area contributed by atoms with Gasteiger partial charge in [-0.15, -0.1) is 0 Å². The monoisotopic (exact) mass is 244 g/mol. The molecular formula is C12H12N4O2. The van der Waals surface area contributed by atoms with Gasteiger partial charge >= 0.3 is 0 Å². The Bertz CT molecular complexity index is 557. The van der Waals surface area contributed by atoms with Crippen molar-refractivity contribution < 1.29 is 4.92 Å². The van der Waals surface area contributed by atoms with E-state index in [-0.39, 0.29) is 5.69 Å². The average Bonchev–Trinajstić information content (AvgIpc) is 2.38. The first-order valence-electron chi connectivity index (χ1n) is 5.34. The lowest BCUT2D eigenvalue weighted by atomic mass is 10.2. The minimum atomic E-state index is -0.461. The quantitative estimate of drug-likeness (QED) is 0.488. The van der Waals surface area contributed by atoms with E-state index >= 15 is 0 Å². The van der Waals surface area contributed by atoms with Crippen LogP contribution in [-0.4, -0.2) is 9.91 Å². The number of anilines is 2. The van der Waals surface area contributed by atoms with E-state index in [9.17, 15) is 10.1 Å². The maximum atomic E-state index is 10.9. The summed E-state index contributed by atoms with van der Waals surface area (Å²) >= 11 is 0. The van der Waals surface area contributed by atoms with Gasteiger partial charge in [-0.25, -0.2) is 0 Å². The van der Waals surface area contributed by atoms with Gasteiger partial charge in [-0.2, -0.15) is 0 Å². The predicted octanol–water partition coefficient (Wildman–Crippen LogP) is 2.18. The fourth-order valence-electron chi connectivity index (χ4n) is 1.54. The van der Waals surface area contributed by atoms with Crippen LogP contribution in [0.3, 0.4) is 0 Å². The summed E-state index contributed by atoms with van der Waals surface area (Å²) in [7, 11) is 0. The Morgan fingerprint density at radius 3 is 2.83 bits per heavy atom. The van der Waals surface area contributed by atoms with Gasteiger partial charge in [0.1, 0.15) is 5.69 Å². The highest BCUT2D eigenvalue weighted by Crippen LogP contribution is 2.26. The van der Waals surface area contributed by atoms with Crippen LogP contribution in [0.5, 0.6) is 0 Å². The van der Waals surface area contributed by atoms with Crippen LogP contribution in [0.1, 0.15) is 5.69 Å². The highest BCUT2D eigenvalue weighted by atomic mass is 16.6. The Kier molecular flexibility index (Phi) is 3.38. The van der Waals surface area contributed by atoms with Gasteiger partial charge in [0.05, 0.1) is 17.2 Å². The number of nitro benzene ring substituents is 1. The molecule has 0 saturated heterocycles. The number of pyridine rings is 1. The zero-order valence-corrected chi connectivity index (χ0v) is 9.54. The molecule has 0 amide bonds. The van der Waals surface area contributed by atoms with Gasteiger partial charge in [-0.1, -0.05) is 6.07 Å². The minimum Gasteiger partial charge on any atom is -0.399 e. The maximum absolute atomic E-state index is 10.9. The third-order valence-electron chi connectivity index (χ3n) is 2.40. The lowest BCUT2D eigenvalue weighted by Gasteiger charge is -2.07. The van der Waals surface area contributed by atoms with E-state index in [1.807, 2.05) is 18.2 Å². The van der Waals surface area contributed by atoms with Crippen molar-refractivity contribution in [2.24, 2.45) is 0 Å². The van der Waals surface area contributed by atoms with E-state index < -0.39 is 4.92 Å². The largest absolute Gasteiger partial charge is 0.399 e. The summed E-state index contributed by atoms with van der Waals surface area (Å²) in [5, 5.41) is 13.9. The Hall–Kier alpha value is -2.63. The predicted molar refractivity (Wildman–Crippen MR) is 69.1 cm³/mol. The molecule has 0 atom stereocenters. The molecule has 3 N–H and O–H groups in total. The zero-order chi connectivity index (χ0) is 13.0. The minimum absolute atomic E-state index is 0.0362. The molecule has 6 heteroatoms. The molecule has 0 aliphatic heterocycles. The summed E-state index contributed by atoms with van der Waals surface area (Å²) in [5.74, 6) is 0. The van der Waals surface area contributed by atoms with E-state index in [2.05, 4.69) is 10.3 Å². The van der Waals surface area contributed by atoms with Crippen molar-refractivity contribution in [2.45, 2.75) is 6.54 Å². The summed E-state index contributed by atoms with van der Waals surface area (Å²) in [6.45, 7) is 0.422. The van der Waals surface area contributed by atoms with Crippen molar-refractivity contribution in [1.82, 2.24) is 4.98 Å². The standard InChI is InChI=1S/C12H12N4O2/c13-9-4-5-11(12(7-9)16(17)18)15-8-10-3-1-2-6-14-10/h1-7,15H,8,13H2. The Balaban J connectivity index is 2.17. The number of aromatic nitrogens is 1. The molecule has 92 valence electrons. The number of nitrogens with one attached hydrogen (secondary N) is 1. The molecule has 0 aliphatic carbocycles. The van der Waals surface area contributed by atoms with E-state index in [1.165, 1.54) is 6.07 Å². The molecule has 2 rings (SSSR count). The molecule has 0 bridgehead atoms. The maximum Gasteiger partial charge on any atom is 0.294 e. The second kappa shape index (κ2) is 5.13. The van der Waals surface area contributed by atoms with Gasteiger partial charge in [0, 0.05) is 18.0 Å². The molecule has 1 heterocycles. The Labute approximate surface area is 104 Å². The second-order valence-corrected chi connectivity index (χ2v) is 3.71. The Morgan fingerprint density at radius 2 is 2.17 bits per heavy atom. The highest BCUT2D eigenvalue weighted by Gasteiger charge is 2.13. The molecule has 0 radical (unpaired) electrons. The van der Waals surface area contributed by atoms with Crippen LogP contribution >= 0.6 is 0 Å². The third kappa shape index (κ3) is 2.73. The lowest BCUT2D eigenvalue weighted by molar-refractivity contribution is -0.383. The van der Waals surface area contributed by atoms with Gasteiger partial charge in [-0.05, 0) is 24.3 Å². The van der Waals surface area contributed by atoms with Crippen LogP contribution in [0.4, 0.5) is 17.1 Å². The van der Waals surface area contributed by atoms with Crippen molar-refractivity contribution in [3.05, 3.63) is 58.4 Å². The number of rotatable bonds is 4. The molecule has 0 saturated carbocycles. The summed E-state index contributed by atoms with van der Waals surface area (Å²) < 4.78 is 0. The van der Waals surface area contributed by atoms with Gasteiger partial charge in [-0.3, -0.25) is 15.1 Å². The first-order chi connectivity index (χ1) is 8.66. The van der Waals surface area contributed by atoms with E-state index in [1.54, 1.807) is 18.3 Å². The first kappa shape index (κ1) is 11.8. The number of benzene rings is 1. The van der Waals surface area contributed by atoms with Gasteiger partial charge in [0.15, 0.2) is 0 Å². The van der Waals surface area contributed by atoms with Crippen molar-refractivity contribution in [3.63, 3.8) is 0 Å². The smallest absolute Gasteiger partial charge is 0.294 e. The molecule has 1 aromatic heterocycles. The molecule has 2 aromatic rings. The summed E-state index contributed by atoms with van der Waals surface area (Å²) in [5.41, 5.74) is 7.10.